The van der Waals surface area contributed by atoms with E-state index in [1.807, 2.05) is 0 Å². The molecule has 0 radical (unpaired) electrons. The first-order valence-corrected chi connectivity index (χ1v) is 6.38. The van der Waals surface area contributed by atoms with Crippen molar-refractivity contribution in [2.45, 2.75) is 32.1 Å². The molecule has 1 aromatic carbocycles. The second-order valence-corrected chi connectivity index (χ2v) is 6.39. The number of halogens is 1. The molecule has 2 atom stereocenters. The van der Waals surface area contributed by atoms with Crippen molar-refractivity contribution in [3.63, 3.8) is 0 Å². The lowest BCUT2D eigenvalue weighted by molar-refractivity contribution is 0.588. The third-order valence-electron chi connectivity index (χ3n) is 4.23. The molecule has 0 spiro atoms. The van der Waals surface area contributed by atoms with E-state index in [-0.39, 0.29) is 17.8 Å². The molecule has 3 rings (SSSR count). The number of hydrogen-bond donors (Lipinski definition) is 1. The van der Waals surface area contributed by atoms with Crippen molar-refractivity contribution in [3.05, 3.63) is 35.4 Å². The van der Waals surface area contributed by atoms with Crippen molar-refractivity contribution in [1.29, 1.82) is 0 Å². The van der Waals surface area contributed by atoms with Crippen LogP contribution in [0.5, 0.6) is 0 Å². The second-order valence-electron chi connectivity index (χ2n) is 6.39. The SMILES string of the molecule is CC(C)(C)c1cccc(C2C3CNCC32)c1.Cl. The quantitative estimate of drug-likeness (QED) is 0.807. The minimum absolute atomic E-state index is 0. The van der Waals surface area contributed by atoms with E-state index >= 15 is 0 Å². The minimum Gasteiger partial charge on any atom is -0.316 e. The third-order valence-corrected chi connectivity index (χ3v) is 4.23. The molecule has 2 heteroatoms. The number of nitrogens with one attached hydrogen (secondary N) is 1. The maximum atomic E-state index is 3.47. The Labute approximate surface area is 110 Å². The summed E-state index contributed by atoms with van der Waals surface area (Å²) in [7, 11) is 0. The molecule has 94 valence electrons. The van der Waals surface area contributed by atoms with Crippen LogP contribution in [-0.4, -0.2) is 13.1 Å². The molecule has 1 aliphatic heterocycles. The summed E-state index contributed by atoms with van der Waals surface area (Å²) < 4.78 is 0. The molecule has 1 nitrogen and oxygen atoms in total. The average Bonchev–Trinajstić information content (AvgIpc) is 2.72. The number of rotatable bonds is 1. The zero-order valence-corrected chi connectivity index (χ0v) is 11.7. The molecule has 0 bridgehead atoms. The zero-order valence-electron chi connectivity index (χ0n) is 10.9. The van der Waals surface area contributed by atoms with Crippen molar-refractivity contribution in [1.82, 2.24) is 5.32 Å². The van der Waals surface area contributed by atoms with Gasteiger partial charge in [-0.2, -0.15) is 0 Å². The van der Waals surface area contributed by atoms with Crippen molar-refractivity contribution in [2.75, 3.05) is 13.1 Å². The average molecular weight is 252 g/mol. The monoisotopic (exact) mass is 251 g/mol. The van der Waals surface area contributed by atoms with Crippen LogP contribution in [0.1, 0.15) is 37.8 Å². The van der Waals surface area contributed by atoms with Crippen molar-refractivity contribution in [3.8, 4) is 0 Å². The van der Waals surface area contributed by atoms with Crippen LogP contribution < -0.4 is 5.32 Å². The van der Waals surface area contributed by atoms with Crippen molar-refractivity contribution in [2.24, 2.45) is 11.8 Å². The molecule has 1 aliphatic carbocycles. The highest BCUT2D eigenvalue weighted by Crippen LogP contribution is 2.55. The minimum atomic E-state index is 0. The third kappa shape index (κ3) is 2.23. The molecule has 0 aromatic heterocycles. The van der Waals surface area contributed by atoms with Gasteiger partial charge in [-0.1, -0.05) is 45.0 Å². The van der Waals surface area contributed by atoms with E-state index in [1.165, 1.54) is 18.7 Å². The molecule has 2 aliphatic rings. The molecular formula is C15H22ClN. The van der Waals surface area contributed by atoms with Gasteiger partial charge in [-0.15, -0.1) is 12.4 Å². The van der Waals surface area contributed by atoms with Crippen LogP contribution in [0, 0.1) is 11.8 Å². The van der Waals surface area contributed by atoms with Gasteiger partial charge in [-0.25, -0.2) is 0 Å². The molecule has 2 unspecified atom stereocenters. The summed E-state index contributed by atoms with van der Waals surface area (Å²) in [6, 6.07) is 9.25. The molecule has 1 aromatic rings. The van der Waals surface area contributed by atoms with E-state index in [0.29, 0.717) is 0 Å². The van der Waals surface area contributed by atoms with Gasteiger partial charge in [0.25, 0.3) is 0 Å². The summed E-state index contributed by atoms with van der Waals surface area (Å²) in [6.07, 6.45) is 0. The molecular weight excluding hydrogens is 230 g/mol. The highest BCUT2D eigenvalue weighted by atomic mass is 35.5. The summed E-state index contributed by atoms with van der Waals surface area (Å²) in [5.74, 6) is 2.70. The van der Waals surface area contributed by atoms with Gasteiger partial charge < -0.3 is 5.32 Å². The number of hydrogen-bond acceptors (Lipinski definition) is 1. The van der Waals surface area contributed by atoms with Crippen LogP contribution in [0.25, 0.3) is 0 Å². The Morgan fingerprint density at radius 1 is 1.12 bits per heavy atom. The lowest BCUT2D eigenvalue weighted by atomic mass is 9.85. The number of piperidine rings is 1. The van der Waals surface area contributed by atoms with E-state index < -0.39 is 0 Å². The highest BCUT2D eigenvalue weighted by Gasteiger charge is 2.53. The smallest absolute Gasteiger partial charge is 0.00111 e. The van der Waals surface area contributed by atoms with E-state index in [2.05, 4.69) is 50.4 Å². The molecule has 1 N–H and O–H groups in total. The van der Waals surface area contributed by atoms with Gasteiger partial charge in [-0.3, -0.25) is 0 Å². The van der Waals surface area contributed by atoms with Gasteiger partial charge in [0.15, 0.2) is 0 Å². The van der Waals surface area contributed by atoms with E-state index in [9.17, 15) is 0 Å². The van der Waals surface area contributed by atoms with Gasteiger partial charge in [0, 0.05) is 0 Å². The fraction of sp³-hybridized carbons (Fsp3) is 0.600. The maximum Gasteiger partial charge on any atom is -0.00111 e. The Balaban J connectivity index is 0.00000108. The van der Waals surface area contributed by atoms with Gasteiger partial charge >= 0.3 is 0 Å². The van der Waals surface area contributed by atoms with Crippen molar-refractivity contribution < 1.29 is 0 Å². The van der Waals surface area contributed by atoms with Gasteiger partial charge in [0.05, 0.1) is 0 Å². The summed E-state index contributed by atoms with van der Waals surface area (Å²) in [4.78, 5) is 0. The Hall–Kier alpha value is -0.530. The normalized spacial score (nSPS) is 30.6. The summed E-state index contributed by atoms with van der Waals surface area (Å²) >= 11 is 0. The molecule has 2 fully saturated rings. The first-order valence-electron chi connectivity index (χ1n) is 6.38. The molecule has 1 saturated heterocycles. The van der Waals surface area contributed by atoms with Gasteiger partial charge in [0.1, 0.15) is 0 Å². The Kier molecular flexibility index (Phi) is 3.26. The predicted octanol–water partition coefficient (Wildman–Crippen LogP) is 3.34. The van der Waals surface area contributed by atoms with Crippen LogP contribution in [0.3, 0.4) is 0 Å². The van der Waals surface area contributed by atoms with Crippen molar-refractivity contribution >= 4 is 12.4 Å². The first-order chi connectivity index (χ1) is 7.57. The topological polar surface area (TPSA) is 12.0 Å². The Bertz CT molecular complexity index is 398. The standard InChI is InChI=1S/C15H21N.ClH/c1-15(2,3)11-6-4-5-10(7-11)14-12-8-16-9-13(12)14;/h4-7,12-14,16H,8-9H2,1-3H3;1H. The summed E-state index contributed by atoms with van der Waals surface area (Å²) in [5.41, 5.74) is 3.32. The van der Waals surface area contributed by atoms with Crippen LogP contribution >= 0.6 is 12.4 Å². The Morgan fingerprint density at radius 3 is 2.35 bits per heavy atom. The molecule has 17 heavy (non-hydrogen) atoms. The van der Waals surface area contributed by atoms with E-state index in [0.717, 1.165) is 17.8 Å². The van der Waals surface area contributed by atoms with Crippen LogP contribution in [-0.2, 0) is 5.41 Å². The first kappa shape index (κ1) is 12.9. The lowest BCUT2D eigenvalue weighted by Gasteiger charge is -2.20. The molecule has 1 heterocycles. The van der Waals surface area contributed by atoms with Crippen LogP contribution in [0.15, 0.2) is 24.3 Å². The largest absolute Gasteiger partial charge is 0.316 e. The fourth-order valence-corrected chi connectivity index (χ4v) is 3.13. The molecule has 1 saturated carbocycles. The maximum absolute atomic E-state index is 3.47. The van der Waals surface area contributed by atoms with Crippen LogP contribution in [0.4, 0.5) is 0 Å². The number of benzene rings is 1. The summed E-state index contributed by atoms with van der Waals surface area (Å²) in [6.45, 7) is 9.34. The van der Waals surface area contributed by atoms with E-state index in [1.54, 1.807) is 5.56 Å². The zero-order chi connectivity index (χ0) is 11.3. The fourth-order valence-electron chi connectivity index (χ4n) is 3.13. The van der Waals surface area contributed by atoms with Crippen LogP contribution in [0.2, 0.25) is 0 Å². The molecule has 0 amide bonds. The lowest BCUT2D eigenvalue weighted by Crippen LogP contribution is -2.15. The van der Waals surface area contributed by atoms with Gasteiger partial charge in [-0.05, 0) is 47.4 Å². The second kappa shape index (κ2) is 4.29. The number of fused-ring (bicyclic) bond motifs is 1. The van der Waals surface area contributed by atoms with E-state index in [4.69, 9.17) is 0 Å². The predicted molar refractivity (Wildman–Crippen MR) is 75.0 cm³/mol. The summed E-state index contributed by atoms with van der Waals surface area (Å²) in [5, 5.41) is 3.47. The van der Waals surface area contributed by atoms with Gasteiger partial charge in [0.2, 0.25) is 0 Å². The Morgan fingerprint density at radius 2 is 1.76 bits per heavy atom. The highest BCUT2D eigenvalue weighted by molar-refractivity contribution is 5.85.